The van der Waals surface area contributed by atoms with Crippen molar-refractivity contribution in [3.8, 4) is 11.5 Å². The summed E-state index contributed by atoms with van der Waals surface area (Å²) < 4.78 is 10.7. The van der Waals surface area contributed by atoms with Crippen LogP contribution in [0, 0.1) is 13.8 Å². The molecule has 0 spiro atoms. The predicted molar refractivity (Wildman–Crippen MR) is 86.7 cm³/mol. The number of amides is 1. The first-order valence-corrected chi connectivity index (χ1v) is 7.23. The van der Waals surface area contributed by atoms with E-state index in [4.69, 9.17) is 9.47 Å². The lowest BCUT2D eigenvalue weighted by molar-refractivity contribution is 0.0946. The van der Waals surface area contributed by atoms with Gasteiger partial charge in [-0.15, -0.1) is 0 Å². The van der Waals surface area contributed by atoms with Gasteiger partial charge in [-0.3, -0.25) is 4.79 Å². The van der Waals surface area contributed by atoms with Gasteiger partial charge in [0, 0.05) is 11.6 Å². The second kappa shape index (κ2) is 7.50. The highest BCUT2D eigenvalue weighted by Gasteiger charge is 2.09. The fraction of sp³-hybridized carbons (Fsp3) is 0.278. The molecule has 4 nitrogen and oxygen atoms in total. The summed E-state index contributed by atoms with van der Waals surface area (Å²) in [6, 6.07) is 13.1. The average Bonchev–Trinajstić information content (AvgIpc) is 2.54. The molecule has 0 heterocycles. The van der Waals surface area contributed by atoms with Gasteiger partial charge in [0.25, 0.3) is 5.91 Å². The van der Waals surface area contributed by atoms with Gasteiger partial charge in [-0.25, -0.2) is 0 Å². The molecule has 22 heavy (non-hydrogen) atoms. The van der Waals surface area contributed by atoms with Crippen LogP contribution < -0.4 is 14.8 Å². The number of aryl methyl sites for hydroxylation is 1. The normalized spacial score (nSPS) is 10.1. The number of benzene rings is 2. The minimum absolute atomic E-state index is 0.0737. The van der Waals surface area contributed by atoms with Gasteiger partial charge < -0.3 is 14.8 Å². The zero-order valence-electron chi connectivity index (χ0n) is 13.2. The number of carbonyl (C=O) groups is 1. The molecule has 0 unspecified atom stereocenters. The minimum atomic E-state index is -0.0737. The number of carbonyl (C=O) groups excluding carboxylic acids is 1. The molecule has 0 atom stereocenters. The van der Waals surface area contributed by atoms with Crippen LogP contribution in [0.25, 0.3) is 0 Å². The summed E-state index contributed by atoms with van der Waals surface area (Å²) in [6.45, 7) is 4.81. The fourth-order valence-electron chi connectivity index (χ4n) is 2.12. The van der Waals surface area contributed by atoms with Gasteiger partial charge in [-0.2, -0.15) is 0 Å². The third kappa shape index (κ3) is 4.01. The standard InChI is InChI=1S/C18H21NO3/c1-13-6-4-9-17(14(13)2)18(20)19-10-11-22-16-8-5-7-15(12-16)21-3/h4-9,12H,10-11H2,1-3H3,(H,19,20). The Morgan fingerprint density at radius 2 is 1.82 bits per heavy atom. The third-order valence-corrected chi connectivity index (χ3v) is 3.55. The first-order valence-electron chi connectivity index (χ1n) is 7.23. The minimum Gasteiger partial charge on any atom is -0.497 e. The molecule has 2 aromatic rings. The predicted octanol–water partition coefficient (Wildman–Crippen LogP) is 3.12. The maximum atomic E-state index is 12.1. The molecule has 0 aliphatic carbocycles. The highest BCUT2D eigenvalue weighted by molar-refractivity contribution is 5.95. The number of hydrogen-bond acceptors (Lipinski definition) is 3. The number of nitrogens with one attached hydrogen (secondary N) is 1. The molecule has 0 saturated heterocycles. The summed E-state index contributed by atoms with van der Waals surface area (Å²) in [7, 11) is 1.61. The van der Waals surface area contributed by atoms with E-state index < -0.39 is 0 Å². The largest absolute Gasteiger partial charge is 0.497 e. The second-order valence-corrected chi connectivity index (χ2v) is 5.03. The SMILES string of the molecule is COc1cccc(OCCNC(=O)c2cccc(C)c2C)c1. The van der Waals surface area contributed by atoms with E-state index >= 15 is 0 Å². The van der Waals surface area contributed by atoms with Crippen molar-refractivity contribution < 1.29 is 14.3 Å². The Labute approximate surface area is 131 Å². The molecule has 0 saturated carbocycles. The molecule has 0 aliphatic rings. The molecule has 116 valence electrons. The quantitative estimate of drug-likeness (QED) is 0.834. The Morgan fingerprint density at radius 1 is 1.09 bits per heavy atom. The van der Waals surface area contributed by atoms with E-state index in [2.05, 4.69) is 5.32 Å². The van der Waals surface area contributed by atoms with Crippen molar-refractivity contribution in [3.05, 3.63) is 59.2 Å². The number of rotatable bonds is 6. The molecule has 0 aromatic heterocycles. The summed E-state index contributed by atoms with van der Waals surface area (Å²) in [5.41, 5.74) is 2.83. The lowest BCUT2D eigenvalue weighted by Crippen LogP contribution is -2.28. The van der Waals surface area contributed by atoms with Gasteiger partial charge in [0.1, 0.15) is 18.1 Å². The maximum absolute atomic E-state index is 12.1. The number of methoxy groups -OCH3 is 1. The van der Waals surface area contributed by atoms with Gasteiger partial charge in [-0.05, 0) is 43.2 Å². The Hall–Kier alpha value is -2.49. The molecular formula is C18H21NO3. The van der Waals surface area contributed by atoms with Gasteiger partial charge in [-0.1, -0.05) is 18.2 Å². The Bertz CT molecular complexity index is 653. The van der Waals surface area contributed by atoms with Gasteiger partial charge >= 0.3 is 0 Å². The van der Waals surface area contributed by atoms with Crippen LogP contribution in [-0.2, 0) is 0 Å². The molecule has 1 N–H and O–H groups in total. The van der Waals surface area contributed by atoms with Crippen LogP contribution in [0.3, 0.4) is 0 Å². The fourth-order valence-corrected chi connectivity index (χ4v) is 2.12. The molecule has 0 fully saturated rings. The van der Waals surface area contributed by atoms with Gasteiger partial charge in [0.05, 0.1) is 13.7 Å². The molecule has 4 heteroatoms. The number of ether oxygens (including phenoxy) is 2. The van der Waals surface area contributed by atoms with Crippen LogP contribution in [0.5, 0.6) is 11.5 Å². The summed E-state index contributed by atoms with van der Waals surface area (Å²) in [5, 5.41) is 2.87. The van der Waals surface area contributed by atoms with Gasteiger partial charge in [0.15, 0.2) is 0 Å². The van der Waals surface area contributed by atoms with Crippen LogP contribution in [0.15, 0.2) is 42.5 Å². The summed E-state index contributed by atoms with van der Waals surface area (Å²) >= 11 is 0. The first kappa shape index (κ1) is 15.9. The molecule has 0 radical (unpaired) electrons. The van der Waals surface area contributed by atoms with Gasteiger partial charge in [0.2, 0.25) is 0 Å². The monoisotopic (exact) mass is 299 g/mol. The zero-order chi connectivity index (χ0) is 15.9. The zero-order valence-corrected chi connectivity index (χ0v) is 13.2. The molecule has 0 bridgehead atoms. The van der Waals surface area contributed by atoms with Crippen LogP contribution >= 0.6 is 0 Å². The van der Waals surface area contributed by atoms with Crippen LogP contribution in [-0.4, -0.2) is 26.2 Å². The van der Waals surface area contributed by atoms with Crippen molar-refractivity contribution in [2.45, 2.75) is 13.8 Å². The Balaban J connectivity index is 1.83. The van der Waals surface area contributed by atoms with E-state index in [-0.39, 0.29) is 5.91 Å². The second-order valence-electron chi connectivity index (χ2n) is 5.03. The van der Waals surface area contributed by atoms with E-state index in [0.717, 1.165) is 22.6 Å². The molecule has 1 amide bonds. The molecule has 2 rings (SSSR count). The highest BCUT2D eigenvalue weighted by Crippen LogP contribution is 2.18. The van der Waals surface area contributed by atoms with Crippen molar-refractivity contribution in [3.63, 3.8) is 0 Å². The van der Waals surface area contributed by atoms with E-state index in [1.165, 1.54) is 0 Å². The lowest BCUT2D eigenvalue weighted by Gasteiger charge is -2.11. The maximum Gasteiger partial charge on any atom is 0.251 e. The third-order valence-electron chi connectivity index (χ3n) is 3.55. The van der Waals surface area contributed by atoms with Crippen molar-refractivity contribution >= 4 is 5.91 Å². The Kier molecular flexibility index (Phi) is 5.42. The highest BCUT2D eigenvalue weighted by atomic mass is 16.5. The molecular weight excluding hydrogens is 278 g/mol. The molecule has 2 aromatic carbocycles. The smallest absolute Gasteiger partial charge is 0.251 e. The van der Waals surface area contributed by atoms with E-state index in [0.29, 0.717) is 18.7 Å². The molecule has 0 aliphatic heterocycles. The van der Waals surface area contributed by atoms with Crippen LogP contribution in [0.1, 0.15) is 21.5 Å². The van der Waals surface area contributed by atoms with Crippen molar-refractivity contribution in [2.24, 2.45) is 0 Å². The van der Waals surface area contributed by atoms with E-state index in [9.17, 15) is 4.79 Å². The summed E-state index contributed by atoms with van der Waals surface area (Å²) in [4.78, 5) is 12.1. The van der Waals surface area contributed by atoms with Crippen molar-refractivity contribution in [2.75, 3.05) is 20.3 Å². The summed E-state index contributed by atoms with van der Waals surface area (Å²) in [6.07, 6.45) is 0. The lowest BCUT2D eigenvalue weighted by atomic mass is 10.0. The van der Waals surface area contributed by atoms with E-state index in [1.807, 2.05) is 56.3 Å². The van der Waals surface area contributed by atoms with Crippen molar-refractivity contribution in [1.82, 2.24) is 5.32 Å². The Morgan fingerprint density at radius 3 is 2.59 bits per heavy atom. The summed E-state index contributed by atoms with van der Waals surface area (Å²) in [5.74, 6) is 1.40. The topological polar surface area (TPSA) is 47.6 Å². The van der Waals surface area contributed by atoms with E-state index in [1.54, 1.807) is 7.11 Å². The average molecular weight is 299 g/mol. The first-order chi connectivity index (χ1) is 10.6. The number of hydrogen-bond donors (Lipinski definition) is 1. The van der Waals surface area contributed by atoms with Crippen molar-refractivity contribution in [1.29, 1.82) is 0 Å². The van der Waals surface area contributed by atoms with Crippen LogP contribution in [0.2, 0.25) is 0 Å². The van der Waals surface area contributed by atoms with Crippen LogP contribution in [0.4, 0.5) is 0 Å².